The fourth-order valence-electron chi connectivity index (χ4n) is 4.92. The molecule has 7 heteroatoms. The molecule has 0 bridgehead atoms. The lowest BCUT2D eigenvalue weighted by Crippen LogP contribution is -2.28. The summed E-state index contributed by atoms with van der Waals surface area (Å²) in [6.07, 6.45) is 5.06. The first-order chi connectivity index (χ1) is 17.8. The number of pyridine rings is 1. The molecule has 1 amide bonds. The minimum Gasteiger partial charge on any atom is -0.393 e. The van der Waals surface area contributed by atoms with Gasteiger partial charge in [-0.15, -0.1) is 0 Å². The SMILES string of the molecule is CC(C)(C)c1ccc(C(=O)NCc2ccc(-c3ccnc4[nH]nc(NC5CCC(O)CC5)c34)cc2)cc1. The van der Waals surface area contributed by atoms with Crippen molar-refractivity contribution < 1.29 is 9.90 Å². The van der Waals surface area contributed by atoms with Gasteiger partial charge < -0.3 is 15.7 Å². The molecule has 0 unspecified atom stereocenters. The van der Waals surface area contributed by atoms with Gasteiger partial charge in [-0.1, -0.05) is 57.2 Å². The highest BCUT2D eigenvalue weighted by molar-refractivity contribution is 6.00. The van der Waals surface area contributed by atoms with Crippen LogP contribution in [-0.2, 0) is 12.0 Å². The molecule has 0 aliphatic heterocycles. The van der Waals surface area contributed by atoms with Crippen LogP contribution in [0, 0.1) is 0 Å². The first kappa shape index (κ1) is 25.0. The first-order valence-corrected chi connectivity index (χ1v) is 13.0. The molecule has 37 heavy (non-hydrogen) atoms. The molecule has 1 fully saturated rings. The van der Waals surface area contributed by atoms with Crippen LogP contribution in [0.5, 0.6) is 0 Å². The molecule has 0 radical (unpaired) electrons. The minimum absolute atomic E-state index is 0.0594. The van der Waals surface area contributed by atoms with E-state index in [-0.39, 0.29) is 17.4 Å². The van der Waals surface area contributed by atoms with Crippen LogP contribution in [-0.4, -0.2) is 38.3 Å². The molecule has 2 aromatic carbocycles. The fourth-order valence-corrected chi connectivity index (χ4v) is 4.92. The standard InChI is InChI=1S/C30H35N5O2/c1-30(2,3)22-10-8-21(9-11-22)29(37)32-18-19-4-6-20(7-5-19)25-16-17-31-27-26(25)28(35-34-27)33-23-12-14-24(36)15-13-23/h4-11,16-17,23-24,36H,12-15,18H2,1-3H3,(H,32,37)(H2,31,33,34,35). The molecule has 7 nitrogen and oxygen atoms in total. The van der Waals surface area contributed by atoms with Crippen LogP contribution in [0.4, 0.5) is 5.82 Å². The van der Waals surface area contributed by atoms with E-state index in [0.717, 1.165) is 59.2 Å². The van der Waals surface area contributed by atoms with Crippen molar-refractivity contribution in [1.29, 1.82) is 0 Å². The van der Waals surface area contributed by atoms with Gasteiger partial charge in [-0.25, -0.2) is 4.98 Å². The van der Waals surface area contributed by atoms with Crippen molar-refractivity contribution >= 4 is 22.8 Å². The lowest BCUT2D eigenvalue weighted by Gasteiger charge is -2.26. The molecular weight excluding hydrogens is 462 g/mol. The lowest BCUT2D eigenvalue weighted by molar-refractivity contribution is 0.0951. The first-order valence-electron chi connectivity index (χ1n) is 13.0. The average molecular weight is 498 g/mol. The van der Waals surface area contributed by atoms with E-state index in [9.17, 15) is 9.90 Å². The van der Waals surface area contributed by atoms with E-state index >= 15 is 0 Å². The highest BCUT2D eigenvalue weighted by Gasteiger charge is 2.22. The van der Waals surface area contributed by atoms with Gasteiger partial charge in [0.05, 0.1) is 11.5 Å². The third-order valence-electron chi connectivity index (χ3n) is 7.23. The maximum atomic E-state index is 12.7. The second-order valence-corrected chi connectivity index (χ2v) is 11.0. The number of carbonyl (C=O) groups excluding carboxylic acids is 1. The number of fused-ring (bicyclic) bond motifs is 1. The summed E-state index contributed by atoms with van der Waals surface area (Å²) in [7, 11) is 0. The van der Waals surface area contributed by atoms with Crippen LogP contribution in [0.1, 0.15) is 67.9 Å². The van der Waals surface area contributed by atoms with Crippen molar-refractivity contribution in [3.8, 4) is 11.1 Å². The van der Waals surface area contributed by atoms with Gasteiger partial charge in [-0.3, -0.25) is 9.89 Å². The van der Waals surface area contributed by atoms with E-state index in [1.807, 2.05) is 42.5 Å². The molecule has 1 aliphatic rings. The van der Waals surface area contributed by atoms with Gasteiger partial charge >= 0.3 is 0 Å². The summed E-state index contributed by atoms with van der Waals surface area (Å²) >= 11 is 0. The Bertz CT molecular complexity index is 1360. The number of hydrogen-bond donors (Lipinski definition) is 4. The molecule has 4 aromatic rings. The molecule has 2 heterocycles. The van der Waals surface area contributed by atoms with E-state index in [2.05, 4.69) is 58.7 Å². The van der Waals surface area contributed by atoms with Crippen molar-refractivity contribution in [2.75, 3.05) is 5.32 Å². The summed E-state index contributed by atoms with van der Waals surface area (Å²) in [5.41, 5.74) is 5.80. The van der Waals surface area contributed by atoms with E-state index in [4.69, 9.17) is 0 Å². The Morgan fingerprint density at radius 1 is 1.00 bits per heavy atom. The second kappa shape index (κ2) is 10.3. The monoisotopic (exact) mass is 497 g/mol. The number of benzene rings is 2. The maximum absolute atomic E-state index is 12.7. The van der Waals surface area contributed by atoms with Crippen molar-refractivity contribution in [1.82, 2.24) is 20.5 Å². The van der Waals surface area contributed by atoms with Crippen molar-refractivity contribution in [2.24, 2.45) is 0 Å². The Kier molecular flexibility index (Phi) is 6.98. The van der Waals surface area contributed by atoms with Crippen molar-refractivity contribution in [2.45, 2.75) is 70.6 Å². The van der Waals surface area contributed by atoms with E-state index in [1.165, 1.54) is 5.56 Å². The summed E-state index contributed by atoms with van der Waals surface area (Å²) in [4.78, 5) is 17.1. The topological polar surface area (TPSA) is 103 Å². The largest absolute Gasteiger partial charge is 0.393 e. The van der Waals surface area contributed by atoms with Crippen LogP contribution < -0.4 is 10.6 Å². The van der Waals surface area contributed by atoms with E-state index < -0.39 is 0 Å². The van der Waals surface area contributed by atoms with Gasteiger partial charge in [-0.05, 0) is 71.6 Å². The van der Waals surface area contributed by atoms with Crippen molar-refractivity contribution in [3.05, 3.63) is 77.5 Å². The number of carbonyl (C=O) groups is 1. The molecule has 2 aromatic heterocycles. The number of aromatic amines is 1. The summed E-state index contributed by atoms with van der Waals surface area (Å²) in [5.74, 6) is 0.720. The highest BCUT2D eigenvalue weighted by Crippen LogP contribution is 2.33. The number of hydrogen-bond acceptors (Lipinski definition) is 5. The normalized spacial score (nSPS) is 18.1. The van der Waals surface area contributed by atoms with Gasteiger partial charge in [0.1, 0.15) is 0 Å². The third kappa shape index (κ3) is 5.67. The Hall–Kier alpha value is -3.71. The Morgan fingerprint density at radius 3 is 2.38 bits per heavy atom. The summed E-state index contributed by atoms with van der Waals surface area (Å²) < 4.78 is 0. The molecule has 1 saturated carbocycles. The van der Waals surface area contributed by atoms with E-state index in [0.29, 0.717) is 18.2 Å². The number of H-pyrrole nitrogens is 1. The summed E-state index contributed by atoms with van der Waals surface area (Å²) in [6, 6.07) is 18.3. The Labute approximate surface area is 217 Å². The van der Waals surface area contributed by atoms with Gasteiger partial charge in [0.25, 0.3) is 5.91 Å². The zero-order chi connectivity index (χ0) is 26.0. The lowest BCUT2D eigenvalue weighted by atomic mass is 9.87. The number of anilines is 1. The summed E-state index contributed by atoms with van der Waals surface area (Å²) in [5, 5.41) is 24.9. The Morgan fingerprint density at radius 2 is 1.70 bits per heavy atom. The van der Waals surface area contributed by atoms with Gasteiger partial charge in [0.2, 0.25) is 0 Å². The molecule has 1 aliphatic carbocycles. The maximum Gasteiger partial charge on any atom is 0.251 e. The summed E-state index contributed by atoms with van der Waals surface area (Å²) in [6.45, 7) is 6.94. The smallest absolute Gasteiger partial charge is 0.251 e. The predicted octanol–water partition coefficient (Wildman–Crippen LogP) is 5.57. The molecule has 4 N–H and O–H groups in total. The predicted molar refractivity (Wildman–Crippen MR) is 148 cm³/mol. The molecule has 192 valence electrons. The van der Waals surface area contributed by atoms with Crippen LogP contribution in [0.3, 0.4) is 0 Å². The number of amides is 1. The molecular formula is C30H35N5O2. The van der Waals surface area contributed by atoms with Gasteiger partial charge in [0, 0.05) is 24.3 Å². The number of rotatable bonds is 6. The third-order valence-corrected chi connectivity index (χ3v) is 7.23. The fraction of sp³-hybridized carbons (Fsp3) is 0.367. The van der Waals surface area contributed by atoms with E-state index in [1.54, 1.807) is 6.20 Å². The number of aromatic nitrogens is 3. The number of aliphatic hydroxyl groups excluding tert-OH is 1. The molecule has 0 spiro atoms. The van der Waals surface area contributed by atoms with Crippen LogP contribution in [0.25, 0.3) is 22.2 Å². The number of nitrogens with one attached hydrogen (secondary N) is 3. The number of nitrogens with zero attached hydrogens (tertiary/aromatic N) is 2. The quantitative estimate of drug-likeness (QED) is 0.279. The average Bonchev–Trinajstić information content (AvgIpc) is 3.31. The van der Waals surface area contributed by atoms with Gasteiger partial charge in [-0.2, -0.15) is 5.10 Å². The zero-order valence-corrected chi connectivity index (χ0v) is 21.7. The zero-order valence-electron chi connectivity index (χ0n) is 21.7. The van der Waals surface area contributed by atoms with Crippen LogP contribution >= 0.6 is 0 Å². The second-order valence-electron chi connectivity index (χ2n) is 11.0. The molecule has 0 saturated heterocycles. The Balaban J connectivity index is 1.27. The van der Waals surface area contributed by atoms with Crippen LogP contribution in [0.2, 0.25) is 0 Å². The molecule has 5 rings (SSSR count). The minimum atomic E-state index is -0.191. The highest BCUT2D eigenvalue weighted by atomic mass is 16.3. The van der Waals surface area contributed by atoms with Gasteiger partial charge in [0.15, 0.2) is 11.5 Å². The van der Waals surface area contributed by atoms with Crippen LogP contribution in [0.15, 0.2) is 60.8 Å². The number of aliphatic hydroxyl groups is 1. The van der Waals surface area contributed by atoms with Crippen molar-refractivity contribution in [3.63, 3.8) is 0 Å². The molecule has 0 atom stereocenters.